The molecule has 0 heterocycles. The summed E-state index contributed by atoms with van der Waals surface area (Å²) < 4.78 is 5.55. The number of nitrogens with zero attached hydrogens (tertiary/aromatic N) is 1. The fourth-order valence-electron chi connectivity index (χ4n) is 5.03. The fraction of sp³-hybridized carbons (Fsp3) is 0.583. The van der Waals surface area contributed by atoms with E-state index >= 15 is 0 Å². The number of rotatable bonds is 18. The second-order valence-corrected chi connectivity index (χ2v) is 12.5. The maximum absolute atomic E-state index is 14.6. The summed E-state index contributed by atoms with van der Waals surface area (Å²) in [6, 6.07) is 15.7. The Labute approximate surface area is 260 Å². The van der Waals surface area contributed by atoms with Crippen molar-refractivity contribution in [3.05, 3.63) is 71.3 Å². The molecule has 0 saturated heterocycles. The van der Waals surface area contributed by atoms with Crippen LogP contribution < -0.4 is 10.6 Å². The molecule has 0 aliphatic rings. The highest BCUT2D eigenvalue weighted by Gasteiger charge is 2.36. The van der Waals surface area contributed by atoms with Crippen molar-refractivity contribution < 1.29 is 19.1 Å². The molecule has 238 valence electrons. The van der Waals surface area contributed by atoms with E-state index in [1.165, 1.54) is 6.42 Å². The van der Waals surface area contributed by atoms with Crippen LogP contribution in [0.25, 0.3) is 0 Å². The minimum absolute atomic E-state index is 0.199. The lowest BCUT2D eigenvalue weighted by Crippen LogP contribution is -2.54. The molecule has 0 saturated carbocycles. The van der Waals surface area contributed by atoms with Gasteiger partial charge in [-0.25, -0.2) is 4.79 Å². The molecule has 2 aromatic carbocycles. The Kier molecular flexibility index (Phi) is 15.9. The first kappa shape index (κ1) is 35.8. The van der Waals surface area contributed by atoms with Crippen molar-refractivity contribution >= 4 is 17.9 Å². The van der Waals surface area contributed by atoms with E-state index in [0.29, 0.717) is 13.1 Å². The molecular weight excluding hydrogens is 538 g/mol. The molecule has 7 heteroatoms. The molecule has 2 N–H and O–H groups in total. The second-order valence-electron chi connectivity index (χ2n) is 12.5. The zero-order chi connectivity index (χ0) is 31.7. The summed E-state index contributed by atoms with van der Waals surface area (Å²) in [5, 5.41) is 5.95. The van der Waals surface area contributed by atoms with E-state index in [4.69, 9.17) is 4.74 Å². The molecule has 43 heavy (non-hydrogen) atoms. The highest BCUT2D eigenvalue weighted by atomic mass is 16.6. The van der Waals surface area contributed by atoms with Crippen molar-refractivity contribution in [2.24, 2.45) is 0 Å². The molecule has 7 nitrogen and oxygen atoms in total. The van der Waals surface area contributed by atoms with Crippen LogP contribution >= 0.6 is 0 Å². The molecule has 2 aromatic rings. The first-order chi connectivity index (χ1) is 20.6. The van der Waals surface area contributed by atoms with Crippen LogP contribution in [0.15, 0.2) is 54.6 Å². The Bertz CT molecular complexity index is 1100. The molecule has 0 radical (unpaired) electrons. The predicted octanol–water partition coefficient (Wildman–Crippen LogP) is 7.67. The summed E-state index contributed by atoms with van der Waals surface area (Å²) in [4.78, 5) is 43.1. The van der Waals surface area contributed by atoms with E-state index in [9.17, 15) is 14.4 Å². The molecule has 0 aromatic heterocycles. The van der Waals surface area contributed by atoms with Crippen molar-refractivity contribution in [3.63, 3.8) is 0 Å². The molecular formula is C36H55N3O4. The van der Waals surface area contributed by atoms with E-state index in [1.54, 1.807) is 25.7 Å². The van der Waals surface area contributed by atoms with Crippen molar-refractivity contribution in [1.82, 2.24) is 15.5 Å². The minimum atomic E-state index is -0.904. The third kappa shape index (κ3) is 13.7. The van der Waals surface area contributed by atoms with Crippen LogP contribution in [-0.4, -0.2) is 47.5 Å². The summed E-state index contributed by atoms with van der Waals surface area (Å²) in [6.07, 6.45) is 8.90. The second kappa shape index (κ2) is 19.0. The van der Waals surface area contributed by atoms with Gasteiger partial charge in [-0.05, 0) is 51.7 Å². The van der Waals surface area contributed by atoms with Gasteiger partial charge < -0.3 is 20.3 Å². The van der Waals surface area contributed by atoms with Crippen molar-refractivity contribution in [1.29, 1.82) is 0 Å². The van der Waals surface area contributed by atoms with Crippen LogP contribution in [-0.2, 0) is 20.7 Å². The maximum Gasteiger partial charge on any atom is 0.408 e. The Morgan fingerprint density at radius 1 is 0.814 bits per heavy atom. The molecule has 0 fully saturated rings. The van der Waals surface area contributed by atoms with Gasteiger partial charge in [0, 0.05) is 19.5 Å². The predicted molar refractivity (Wildman–Crippen MR) is 175 cm³/mol. The largest absolute Gasteiger partial charge is 0.444 e. The fourth-order valence-corrected chi connectivity index (χ4v) is 5.03. The van der Waals surface area contributed by atoms with E-state index in [0.717, 1.165) is 68.1 Å². The number of ether oxygens (including phenoxy) is 1. The molecule has 2 rings (SSSR count). The molecule has 3 amide bonds. The Morgan fingerprint density at radius 2 is 1.42 bits per heavy atom. The van der Waals surface area contributed by atoms with Gasteiger partial charge >= 0.3 is 6.09 Å². The monoisotopic (exact) mass is 593 g/mol. The van der Waals surface area contributed by atoms with Crippen LogP contribution in [0.4, 0.5) is 4.79 Å². The van der Waals surface area contributed by atoms with Crippen molar-refractivity contribution in [3.8, 4) is 0 Å². The molecule has 0 spiro atoms. The number of nitrogens with one attached hydrogen (secondary N) is 2. The topological polar surface area (TPSA) is 87.7 Å². The number of unbranched alkanes of at least 4 members (excludes halogenated alkanes) is 7. The van der Waals surface area contributed by atoms with Gasteiger partial charge in [0.1, 0.15) is 17.7 Å². The summed E-state index contributed by atoms with van der Waals surface area (Å²) >= 11 is 0. The van der Waals surface area contributed by atoms with E-state index in [-0.39, 0.29) is 18.2 Å². The number of carbonyl (C=O) groups is 3. The summed E-state index contributed by atoms with van der Waals surface area (Å²) in [5.74, 6) is -0.493. The number of amides is 3. The first-order valence-corrected chi connectivity index (χ1v) is 16.2. The van der Waals surface area contributed by atoms with Crippen LogP contribution in [0.2, 0.25) is 0 Å². The Hall–Kier alpha value is -3.35. The maximum atomic E-state index is 14.6. The highest BCUT2D eigenvalue weighted by molar-refractivity contribution is 5.92. The van der Waals surface area contributed by atoms with Crippen LogP contribution in [0.1, 0.15) is 115 Å². The lowest BCUT2D eigenvalue weighted by atomic mass is 9.99. The average molecular weight is 594 g/mol. The van der Waals surface area contributed by atoms with Gasteiger partial charge in [-0.3, -0.25) is 9.59 Å². The summed E-state index contributed by atoms with van der Waals surface area (Å²) in [6.45, 7) is 12.7. The Balaban J connectivity index is 2.47. The number of benzene rings is 2. The lowest BCUT2D eigenvalue weighted by molar-refractivity contribution is -0.142. The zero-order valence-electron chi connectivity index (χ0n) is 27.4. The van der Waals surface area contributed by atoms with Gasteiger partial charge in [-0.15, -0.1) is 0 Å². The molecule has 0 aliphatic carbocycles. The molecule has 0 aliphatic heterocycles. The van der Waals surface area contributed by atoms with Crippen LogP contribution in [0, 0.1) is 6.92 Å². The van der Waals surface area contributed by atoms with Gasteiger partial charge in [0.15, 0.2) is 0 Å². The number of carbonyl (C=O) groups excluding carboxylic acids is 3. The molecule has 2 atom stereocenters. The van der Waals surface area contributed by atoms with Crippen LogP contribution in [0.3, 0.4) is 0 Å². The highest BCUT2D eigenvalue weighted by Crippen LogP contribution is 2.25. The minimum Gasteiger partial charge on any atom is -0.444 e. The summed E-state index contributed by atoms with van der Waals surface area (Å²) in [7, 11) is 0. The van der Waals surface area contributed by atoms with Gasteiger partial charge in [0.2, 0.25) is 11.8 Å². The van der Waals surface area contributed by atoms with Crippen molar-refractivity contribution in [2.45, 2.75) is 123 Å². The van der Waals surface area contributed by atoms with Gasteiger partial charge in [0.05, 0.1) is 0 Å². The van der Waals surface area contributed by atoms with Crippen molar-refractivity contribution in [2.75, 3.05) is 13.1 Å². The van der Waals surface area contributed by atoms with Gasteiger partial charge in [0.25, 0.3) is 0 Å². The van der Waals surface area contributed by atoms with E-state index in [1.807, 2.05) is 61.5 Å². The average Bonchev–Trinajstić information content (AvgIpc) is 2.96. The molecule has 2 unspecified atom stereocenters. The first-order valence-electron chi connectivity index (χ1n) is 16.2. The number of hydrogen-bond donors (Lipinski definition) is 2. The molecule has 0 bridgehead atoms. The smallest absolute Gasteiger partial charge is 0.408 e. The van der Waals surface area contributed by atoms with E-state index in [2.05, 4.69) is 24.5 Å². The van der Waals surface area contributed by atoms with Gasteiger partial charge in [-0.2, -0.15) is 0 Å². The third-order valence-corrected chi connectivity index (χ3v) is 7.34. The standard InChI is InChI=1S/C36H55N3O4/c1-7-9-11-12-13-18-26-39(32(30-23-21-28(3)22-24-30)33(40)37-25-17-10-8-2)34(41)31(27-29-19-15-14-16-20-29)38-35(42)43-36(4,5)6/h14-16,19-24,31-32H,7-13,17-18,25-27H2,1-6H3,(H,37,40)(H,38,42). The number of aryl methyl sites for hydroxylation is 1. The normalized spacial score (nSPS) is 12.7. The van der Waals surface area contributed by atoms with Crippen LogP contribution in [0.5, 0.6) is 0 Å². The SMILES string of the molecule is CCCCCCCCN(C(=O)C(Cc1ccccc1)NC(=O)OC(C)(C)C)C(C(=O)NCCCCC)c1ccc(C)cc1. The number of alkyl carbamates (subject to hydrolysis) is 1. The zero-order valence-corrected chi connectivity index (χ0v) is 27.4. The summed E-state index contributed by atoms with van der Waals surface area (Å²) in [5.41, 5.74) is 2.03. The van der Waals surface area contributed by atoms with E-state index < -0.39 is 23.8 Å². The third-order valence-electron chi connectivity index (χ3n) is 7.34. The Morgan fingerprint density at radius 3 is 2.05 bits per heavy atom. The lowest BCUT2D eigenvalue weighted by Gasteiger charge is -2.35. The van der Waals surface area contributed by atoms with Gasteiger partial charge in [-0.1, -0.05) is 119 Å². The quantitative estimate of drug-likeness (QED) is 0.174. The number of hydrogen-bond acceptors (Lipinski definition) is 4.